The number of aromatic carboxylic acids is 1. The number of nitrogens with one attached hydrogen (secondary N) is 1. The van der Waals surface area contributed by atoms with Crippen LogP contribution in [0.2, 0.25) is 0 Å². The zero-order chi connectivity index (χ0) is 12.3. The third-order valence-corrected chi connectivity index (χ3v) is 1.90. The molecule has 1 aromatic rings. The van der Waals surface area contributed by atoms with Gasteiger partial charge < -0.3 is 16.2 Å². The van der Waals surface area contributed by atoms with Crippen LogP contribution in [0.5, 0.6) is 0 Å². The molecule has 86 valence electrons. The summed E-state index contributed by atoms with van der Waals surface area (Å²) in [5.74, 6) is -3.44. The minimum absolute atomic E-state index is 0.314. The molecule has 0 saturated carbocycles. The van der Waals surface area contributed by atoms with Crippen molar-refractivity contribution in [1.29, 1.82) is 0 Å². The molecule has 1 aromatic heterocycles. The summed E-state index contributed by atoms with van der Waals surface area (Å²) >= 11 is 0. The van der Waals surface area contributed by atoms with Crippen LogP contribution in [-0.4, -0.2) is 28.0 Å². The zero-order valence-corrected chi connectivity index (χ0v) is 8.40. The Morgan fingerprint density at radius 3 is 2.75 bits per heavy atom. The number of anilines is 1. The SMILES string of the molecule is CC(Nc1nccc(C(=O)O)c1F)C(N)=O. The van der Waals surface area contributed by atoms with Crippen molar-refractivity contribution in [3.8, 4) is 0 Å². The first kappa shape index (κ1) is 11.9. The van der Waals surface area contributed by atoms with E-state index in [1.54, 1.807) is 0 Å². The first-order valence-electron chi connectivity index (χ1n) is 4.37. The molecule has 6 nitrogen and oxygen atoms in total. The fourth-order valence-electron chi connectivity index (χ4n) is 0.986. The third-order valence-electron chi connectivity index (χ3n) is 1.90. The van der Waals surface area contributed by atoms with Gasteiger partial charge in [0, 0.05) is 6.20 Å². The molecule has 0 aliphatic rings. The summed E-state index contributed by atoms with van der Waals surface area (Å²) in [6, 6.07) is 0.184. The van der Waals surface area contributed by atoms with Gasteiger partial charge in [-0.1, -0.05) is 0 Å². The van der Waals surface area contributed by atoms with Crippen molar-refractivity contribution in [2.24, 2.45) is 5.73 Å². The van der Waals surface area contributed by atoms with Crippen molar-refractivity contribution in [1.82, 2.24) is 4.98 Å². The van der Waals surface area contributed by atoms with Crippen LogP contribution in [-0.2, 0) is 4.79 Å². The van der Waals surface area contributed by atoms with Crippen LogP contribution >= 0.6 is 0 Å². The summed E-state index contributed by atoms with van der Waals surface area (Å²) in [7, 11) is 0. The van der Waals surface area contributed by atoms with Crippen LogP contribution < -0.4 is 11.1 Å². The summed E-state index contributed by atoms with van der Waals surface area (Å²) in [6.07, 6.45) is 1.13. The lowest BCUT2D eigenvalue weighted by atomic mass is 10.2. The monoisotopic (exact) mass is 227 g/mol. The van der Waals surface area contributed by atoms with Gasteiger partial charge in [-0.2, -0.15) is 0 Å². The molecule has 4 N–H and O–H groups in total. The van der Waals surface area contributed by atoms with Gasteiger partial charge in [0.2, 0.25) is 5.91 Å². The second-order valence-corrected chi connectivity index (χ2v) is 3.09. The summed E-state index contributed by atoms with van der Waals surface area (Å²) in [5.41, 5.74) is 4.44. The number of carbonyl (C=O) groups is 2. The number of halogens is 1. The number of carbonyl (C=O) groups excluding carboxylic acids is 1. The van der Waals surface area contributed by atoms with Gasteiger partial charge in [0.15, 0.2) is 11.6 Å². The van der Waals surface area contributed by atoms with Gasteiger partial charge in [0.05, 0.1) is 0 Å². The van der Waals surface area contributed by atoms with Crippen LogP contribution in [0.25, 0.3) is 0 Å². The van der Waals surface area contributed by atoms with E-state index < -0.39 is 29.3 Å². The van der Waals surface area contributed by atoms with E-state index >= 15 is 0 Å². The van der Waals surface area contributed by atoms with E-state index in [2.05, 4.69) is 10.3 Å². The molecule has 1 rings (SSSR count). The molecule has 0 aliphatic heterocycles. The number of hydrogen-bond acceptors (Lipinski definition) is 4. The summed E-state index contributed by atoms with van der Waals surface area (Å²) < 4.78 is 13.5. The van der Waals surface area contributed by atoms with E-state index in [1.807, 2.05) is 0 Å². The Balaban J connectivity index is 3.02. The van der Waals surface area contributed by atoms with Gasteiger partial charge in [-0.3, -0.25) is 4.79 Å². The fraction of sp³-hybridized carbons (Fsp3) is 0.222. The number of aromatic nitrogens is 1. The predicted octanol–water partition coefficient (Wildman–Crippen LogP) is 0.205. The number of carboxylic acids is 1. The number of pyridine rings is 1. The third kappa shape index (κ3) is 2.44. The Bertz CT molecular complexity index is 436. The van der Waals surface area contributed by atoms with Crippen LogP contribution in [0, 0.1) is 5.82 Å². The number of carboxylic acid groups (broad SMARTS) is 1. The van der Waals surface area contributed by atoms with Crippen molar-refractivity contribution in [3.05, 3.63) is 23.6 Å². The number of rotatable bonds is 4. The van der Waals surface area contributed by atoms with E-state index in [0.29, 0.717) is 0 Å². The molecule has 0 bridgehead atoms. The van der Waals surface area contributed by atoms with E-state index in [1.165, 1.54) is 6.92 Å². The van der Waals surface area contributed by atoms with Crippen molar-refractivity contribution < 1.29 is 19.1 Å². The Kier molecular flexibility index (Phi) is 3.39. The number of primary amides is 1. The molecular formula is C9H10FN3O3. The van der Waals surface area contributed by atoms with Crippen LogP contribution in [0.1, 0.15) is 17.3 Å². The molecule has 0 saturated heterocycles. The smallest absolute Gasteiger partial charge is 0.338 e. The number of hydrogen-bond donors (Lipinski definition) is 3. The van der Waals surface area contributed by atoms with E-state index in [4.69, 9.17) is 10.8 Å². The second kappa shape index (κ2) is 4.56. The standard InChI is InChI=1S/C9H10FN3O3/c1-4(7(11)14)13-8-6(10)5(9(15)16)2-3-12-8/h2-4H,1H3,(H2,11,14)(H,12,13)(H,15,16). The molecule has 1 atom stereocenters. The highest BCUT2D eigenvalue weighted by Gasteiger charge is 2.17. The maximum atomic E-state index is 13.5. The summed E-state index contributed by atoms with van der Waals surface area (Å²) in [6.45, 7) is 1.41. The highest BCUT2D eigenvalue weighted by Crippen LogP contribution is 2.15. The number of amides is 1. The van der Waals surface area contributed by atoms with Crippen molar-refractivity contribution in [2.75, 3.05) is 5.32 Å². The molecule has 1 unspecified atom stereocenters. The average Bonchev–Trinajstić information content (AvgIpc) is 2.20. The quantitative estimate of drug-likeness (QED) is 0.681. The average molecular weight is 227 g/mol. The van der Waals surface area contributed by atoms with E-state index in [-0.39, 0.29) is 5.82 Å². The molecule has 0 radical (unpaired) electrons. The van der Waals surface area contributed by atoms with Gasteiger partial charge in [-0.05, 0) is 13.0 Å². The minimum Gasteiger partial charge on any atom is -0.478 e. The molecule has 16 heavy (non-hydrogen) atoms. The lowest BCUT2D eigenvalue weighted by Gasteiger charge is -2.11. The molecule has 0 spiro atoms. The Hall–Kier alpha value is -2.18. The van der Waals surface area contributed by atoms with Gasteiger partial charge in [-0.15, -0.1) is 0 Å². The lowest BCUT2D eigenvalue weighted by molar-refractivity contribution is -0.118. The highest BCUT2D eigenvalue weighted by molar-refractivity contribution is 5.89. The molecular weight excluding hydrogens is 217 g/mol. The van der Waals surface area contributed by atoms with Gasteiger partial charge in [-0.25, -0.2) is 14.2 Å². The molecule has 0 aromatic carbocycles. The summed E-state index contributed by atoms with van der Waals surface area (Å²) in [5, 5.41) is 11.0. The van der Waals surface area contributed by atoms with Crippen molar-refractivity contribution in [3.63, 3.8) is 0 Å². The van der Waals surface area contributed by atoms with Gasteiger partial charge >= 0.3 is 5.97 Å². The van der Waals surface area contributed by atoms with Crippen molar-refractivity contribution >= 4 is 17.7 Å². The maximum Gasteiger partial charge on any atom is 0.338 e. The Morgan fingerprint density at radius 1 is 1.62 bits per heavy atom. The number of nitrogens with two attached hydrogens (primary N) is 1. The first-order chi connectivity index (χ1) is 7.43. The van der Waals surface area contributed by atoms with Gasteiger partial charge in [0.25, 0.3) is 0 Å². The number of nitrogens with zero attached hydrogens (tertiary/aromatic N) is 1. The molecule has 0 aliphatic carbocycles. The van der Waals surface area contributed by atoms with Crippen LogP contribution in [0.15, 0.2) is 12.3 Å². The Labute approximate surface area is 90.3 Å². The molecule has 7 heteroatoms. The fourth-order valence-corrected chi connectivity index (χ4v) is 0.986. The first-order valence-corrected chi connectivity index (χ1v) is 4.37. The van der Waals surface area contributed by atoms with Gasteiger partial charge in [0.1, 0.15) is 11.6 Å². The maximum absolute atomic E-state index is 13.5. The Morgan fingerprint density at radius 2 is 2.25 bits per heavy atom. The molecule has 0 fully saturated rings. The highest BCUT2D eigenvalue weighted by atomic mass is 19.1. The largest absolute Gasteiger partial charge is 0.478 e. The molecule has 1 amide bonds. The topological polar surface area (TPSA) is 105 Å². The minimum atomic E-state index is -1.41. The zero-order valence-electron chi connectivity index (χ0n) is 8.40. The van der Waals surface area contributed by atoms with E-state index in [0.717, 1.165) is 12.3 Å². The lowest BCUT2D eigenvalue weighted by Crippen LogP contribution is -2.33. The van der Waals surface area contributed by atoms with Crippen molar-refractivity contribution in [2.45, 2.75) is 13.0 Å². The normalized spacial score (nSPS) is 11.9. The second-order valence-electron chi connectivity index (χ2n) is 3.09. The predicted molar refractivity (Wildman–Crippen MR) is 53.4 cm³/mol. The summed E-state index contributed by atoms with van der Waals surface area (Å²) in [4.78, 5) is 24.9. The van der Waals surface area contributed by atoms with Crippen LogP contribution in [0.3, 0.4) is 0 Å². The van der Waals surface area contributed by atoms with Crippen LogP contribution in [0.4, 0.5) is 10.2 Å². The van der Waals surface area contributed by atoms with E-state index in [9.17, 15) is 14.0 Å². The molecule has 1 heterocycles.